The second-order valence-corrected chi connectivity index (χ2v) is 3.25. The highest BCUT2D eigenvalue weighted by atomic mass is 16.1. The van der Waals surface area contributed by atoms with Crippen molar-refractivity contribution in [2.45, 2.75) is 0 Å². The third-order valence-corrected chi connectivity index (χ3v) is 2.24. The number of allylic oxidation sites excluding steroid dienone is 2. The summed E-state index contributed by atoms with van der Waals surface area (Å²) in [5.41, 5.74) is 0.614. The molecule has 0 amide bonds. The molecule has 66 valence electrons. The Morgan fingerprint density at radius 3 is 2.54 bits per heavy atom. The molecule has 3 heteroatoms. The zero-order valence-electron chi connectivity index (χ0n) is 7.40. The first-order valence-electron chi connectivity index (χ1n) is 4.12. The van der Waals surface area contributed by atoms with Crippen LogP contribution in [-0.4, -0.2) is 18.3 Å². The van der Waals surface area contributed by atoms with E-state index in [0.29, 0.717) is 10.2 Å². The summed E-state index contributed by atoms with van der Waals surface area (Å²) in [7, 11) is 2.04. The summed E-state index contributed by atoms with van der Waals surface area (Å²) in [5, 5.41) is 0. The standard InChI is InChI=1S/C10H10N2O/c1-12(6-2-3-7-12)10-5-4-9(8-13)11-10/h2-8H,1H3/p+1. The Morgan fingerprint density at radius 1 is 1.31 bits per heavy atom. The van der Waals surface area contributed by atoms with Crippen LogP contribution in [0.1, 0.15) is 10.5 Å². The van der Waals surface area contributed by atoms with Gasteiger partial charge < -0.3 is 4.98 Å². The van der Waals surface area contributed by atoms with Crippen molar-refractivity contribution in [2.24, 2.45) is 0 Å². The molecule has 0 fully saturated rings. The Balaban J connectivity index is 2.40. The highest BCUT2D eigenvalue weighted by molar-refractivity contribution is 5.73. The van der Waals surface area contributed by atoms with Crippen LogP contribution in [-0.2, 0) is 0 Å². The van der Waals surface area contributed by atoms with Crippen LogP contribution in [0.3, 0.4) is 0 Å². The lowest BCUT2D eigenvalue weighted by molar-refractivity contribution is 0.111. The summed E-state index contributed by atoms with van der Waals surface area (Å²) >= 11 is 0. The van der Waals surface area contributed by atoms with Crippen molar-refractivity contribution in [3.8, 4) is 0 Å². The molecule has 0 atom stereocenters. The highest BCUT2D eigenvalue weighted by Crippen LogP contribution is 2.23. The Kier molecular flexibility index (Phi) is 1.67. The lowest BCUT2D eigenvalue weighted by Gasteiger charge is -2.20. The molecule has 1 aromatic rings. The third kappa shape index (κ3) is 1.23. The van der Waals surface area contributed by atoms with Gasteiger partial charge in [0.2, 0.25) is 5.82 Å². The van der Waals surface area contributed by atoms with Crippen LogP contribution < -0.4 is 4.48 Å². The van der Waals surface area contributed by atoms with E-state index in [4.69, 9.17) is 0 Å². The van der Waals surface area contributed by atoms with Gasteiger partial charge in [-0.2, -0.15) is 0 Å². The van der Waals surface area contributed by atoms with Gasteiger partial charge in [0.1, 0.15) is 12.4 Å². The number of nitrogens with one attached hydrogen (secondary N) is 1. The van der Waals surface area contributed by atoms with Crippen LogP contribution in [0.25, 0.3) is 0 Å². The molecule has 0 bridgehead atoms. The number of hydrogen-bond donors (Lipinski definition) is 1. The van der Waals surface area contributed by atoms with Gasteiger partial charge in [0.15, 0.2) is 6.29 Å². The number of carbonyl (C=O) groups is 1. The average Bonchev–Trinajstić information content (AvgIpc) is 2.72. The van der Waals surface area contributed by atoms with Crippen LogP contribution >= 0.6 is 0 Å². The molecule has 1 aliphatic rings. The van der Waals surface area contributed by atoms with Gasteiger partial charge in [-0.05, 0) is 18.2 Å². The van der Waals surface area contributed by atoms with E-state index in [0.717, 1.165) is 12.1 Å². The van der Waals surface area contributed by atoms with Crippen molar-refractivity contribution < 1.29 is 4.79 Å². The maximum Gasteiger partial charge on any atom is 0.215 e. The van der Waals surface area contributed by atoms with Crippen LogP contribution in [0.2, 0.25) is 0 Å². The van der Waals surface area contributed by atoms with Gasteiger partial charge in [0.25, 0.3) is 0 Å². The third-order valence-electron chi connectivity index (χ3n) is 2.24. The molecule has 0 aliphatic carbocycles. The minimum absolute atomic E-state index is 0.591. The number of aldehydes is 1. The molecular formula is C10H11N2O+. The first kappa shape index (κ1) is 8.01. The summed E-state index contributed by atoms with van der Waals surface area (Å²) in [6, 6.07) is 3.70. The molecule has 13 heavy (non-hydrogen) atoms. The predicted molar refractivity (Wildman–Crippen MR) is 52.2 cm³/mol. The Hall–Kier alpha value is -1.61. The van der Waals surface area contributed by atoms with E-state index in [1.54, 1.807) is 6.07 Å². The first-order valence-corrected chi connectivity index (χ1v) is 4.12. The molecule has 0 saturated heterocycles. The summed E-state index contributed by atoms with van der Waals surface area (Å²) in [5.74, 6) is 0.993. The molecule has 0 saturated carbocycles. The monoisotopic (exact) mass is 175 g/mol. The SMILES string of the molecule is C[N+]1(c2ccc(C=O)[nH]2)C=CC=C1. The lowest BCUT2D eigenvalue weighted by Crippen LogP contribution is -2.30. The van der Waals surface area contributed by atoms with Crippen molar-refractivity contribution in [3.63, 3.8) is 0 Å². The Bertz CT molecular complexity index is 375. The van der Waals surface area contributed by atoms with Crippen molar-refractivity contribution >= 4 is 12.1 Å². The van der Waals surface area contributed by atoms with Gasteiger partial charge >= 0.3 is 0 Å². The summed E-state index contributed by atoms with van der Waals surface area (Å²) < 4.78 is 0.591. The number of quaternary nitrogens is 1. The van der Waals surface area contributed by atoms with Crippen molar-refractivity contribution in [3.05, 3.63) is 42.4 Å². The van der Waals surface area contributed by atoms with E-state index in [1.165, 1.54) is 0 Å². The molecule has 0 unspecified atom stereocenters. The summed E-state index contributed by atoms with van der Waals surface area (Å²) in [6.45, 7) is 0. The average molecular weight is 175 g/mol. The maximum absolute atomic E-state index is 10.5. The molecular weight excluding hydrogens is 164 g/mol. The van der Waals surface area contributed by atoms with Crippen molar-refractivity contribution in [1.29, 1.82) is 0 Å². The fourth-order valence-corrected chi connectivity index (χ4v) is 1.42. The van der Waals surface area contributed by atoms with Crippen LogP contribution in [0, 0.1) is 0 Å². The molecule has 2 rings (SSSR count). The number of H-pyrrole nitrogens is 1. The Morgan fingerprint density at radius 2 is 2.00 bits per heavy atom. The van der Waals surface area contributed by atoms with E-state index in [-0.39, 0.29) is 0 Å². The molecule has 0 spiro atoms. The van der Waals surface area contributed by atoms with Gasteiger partial charge in [-0.15, -0.1) is 0 Å². The van der Waals surface area contributed by atoms with Gasteiger partial charge in [0, 0.05) is 6.07 Å². The lowest BCUT2D eigenvalue weighted by atomic mass is 10.4. The summed E-state index contributed by atoms with van der Waals surface area (Å²) in [4.78, 5) is 13.5. The van der Waals surface area contributed by atoms with E-state index in [9.17, 15) is 4.79 Å². The molecule has 2 heterocycles. The van der Waals surface area contributed by atoms with Crippen LogP contribution in [0.4, 0.5) is 5.82 Å². The van der Waals surface area contributed by atoms with Crippen molar-refractivity contribution in [1.82, 2.24) is 9.47 Å². The van der Waals surface area contributed by atoms with E-state index >= 15 is 0 Å². The molecule has 1 aliphatic heterocycles. The predicted octanol–water partition coefficient (Wildman–Crippen LogP) is 1.81. The molecule has 1 N–H and O–H groups in total. The number of aromatic amines is 1. The number of carbonyl (C=O) groups excluding carboxylic acids is 1. The topological polar surface area (TPSA) is 32.9 Å². The molecule has 0 aromatic carbocycles. The number of rotatable bonds is 2. The minimum Gasteiger partial charge on any atom is -0.307 e. The van der Waals surface area contributed by atoms with E-state index < -0.39 is 0 Å². The zero-order valence-corrected chi connectivity index (χ0v) is 7.40. The van der Waals surface area contributed by atoms with Gasteiger partial charge in [0.05, 0.1) is 12.7 Å². The molecule has 3 nitrogen and oxygen atoms in total. The normalized spacial score (nSPS) is 17.9. The fourth-order valence-electron chi connectivity index (χ4n) is 1.42. The second-order valence-electron chi connectivity index (χ2n) is 3.25. The largest absolute Gasteiger partial charge is 0.307 e. The number of nitrogens with zero attached hydrogens (tertiary/aromatic N) is 1. The van der Waals surface area contributed by atoms with Crippen LogP contribution in [0.15, 0.2) is 36.7 Å². The first-order chi connectivity index (χ1) is 6.24. The second kappa shape index (κ2) is 2.71. The smallest absolute Gasteiger partial charge is 0.215 e. The van der Waals surface area contributed by atoms with Crippen LogP contribution in [0.5, 0.6) is 0 Å². The minimum atomic E-state index is 0.591. The van der Waals surface area contributed by atoms with Gasteiger partial charge in [-0.1, -0.05) is 0 Å². The molecule has 0 radical (unpaired) electrons. The number of hydrogen-bond acceptors (Lipinski definition) is 1. The highest BCUT2D eigenvalue weighted by Gasteiger charge is 2.23. The zero-order chi connectivity index (χ0) is 9.31. The van der Waals surface area contributed by atoms with E-state index in [2.05, 4.69) is 4.98 Å². The van der Waals surface area contributed by atoms with Crippen molar-refractivity contribution in [2.75, 3.05) is 7.05 Å². The quantitative estimate of drug-likeness (QED) is 0.539. The Labute approximate surface area is 76.6 Å². The number of aromatic nitrogens is 1. The summed E-state index contributed by atoms with van der Waals surface area (Å²) in [6.07, 6.45) is 8.88. The van der Waals surface area contributed by atoms with E-state index in [1.807, 2.05) is 37.7 Å². The maximum atomic E-state index is 10.5. The molecule has 1 aromatic heterocycles. The van der Waals surface area contributed by atoms with Gasteiger partial charge in [-0.3, -0.25) is 4.79 Å². The van der Waals surface area contributed by atoms with Gasteiger partial charge in [-0.25, -0.2) is 4.48 Å². The fraction of sp³-hybridized carbons (Fsp3) is 0.100.